The van der Waals surface area contributed by atoms with Gasteiger partial charge in [-0.05, 0) is 50.6 Å². The highest BCUT2D eigenvalue weighted by atomic mass is 79.9. The first-order valence-electron chi connectivity index (χ1n) is 10.3. The topological polar surface area (TPSA) is 57.1 Å². The van der Waals surface area contributed by atoms with E-state index in [2.05, 4.69) is 57.5 Å². The SMILES string of the molecule is CCOc1cccc(C2CC(c3ccc(Br)cc3)=NC3(CCN(C)CC3)N2)c1O. The second kappa shape index (κ2) is 8.46. The van der Waals surface area contributed by atoms with Gasteiger partial charge in [-0.2, -0.15) is 0 Å². The molecule has 0 amide bonds. The first-order chi connectivity index (χ1) is 14.0. The number of nitrogens with one attached hydrogen (secondary N) is 1. The number of phenolic OH excluding ortho intramolecular Hbond substituents is 1. The van der Waals surface area contributed by atoms with E-state index in [0.717, 1.165) is 53.7 Å². The average molecular weight is 458 g/mol. The van der Waals surface area contributed by atoms with Gasteiger partial charge in [-0.3, -0.25) is 10.3 Å². The fraction of sp³-hybridized carbons (Fsp3) is 0.435. The number of piperidine rings is 1. The van der Waals surface area contributed by atoms with Gasteiger partial charge in [0, 0.05) is 41.3 Å². The van der Waals surface area contributed by atoms with Crippen LogP contribution in [0.15, 0.2) is 51.9 Å². The zero-order valence-electron chi connectivity index (χ0n) is 17.0. The van der Waals surface area contributed by atoms with E-state index in [1.54, 1.807) is 0 Å². The monoisotopic (exact) mass is 457 g/mol. The standard InChI is InChI=1S/C23H28BrN3O2/c1-3-29-21-6-4-5-18(22(21)28)20-15-19(16-7-9-17(24)10-8-16)25-23(26-20)11-13-27(2)14-12-23/h4-10,20,26,28H,3,11-15H2,1-2H3. The highest BCUT2D eigenvalue weighted by molar-refractivity contribution is 9.10. The third kappa shape index (κ3) is 4.34. The van der Waals surface area contributed by atoms with Crippen molar-refractivity contribution in [1.29, 1.82) is 0 Å². The molecule has 1 atom stereocenters. The van der Waals surface area contributed by atoms with Gasteiger partial charge in [-0.25, -0.2) is 0 Å². The molecule has 6 heteroatoms. The van der Waals surface area contributed by atoms with E-state index in [1.165, 1.54) is 0 Å². The third-order valence-electron chi connectivity index (χ3n) is 5.89. The number of nitrogens with zero attached hydrogens (tertiary/aromatic N) is 2. The molecule has 154 valence electrons. The molecule has 1 fully saturated rings. The Bertz CT molecular complexity index is 889. The molecule has 2 aromatic carbocycles. The zero-order valence-corrected chi connectivity index (χ0v) is 18.6. The van der Waals surface area contributed by atoms with Crippen molar-refractivity contribution in [2.24, 2.45) is 4.99 Å². The minimum Gasteiger partial charge on any atom is -0.504 e. The maximum absolute atomic E-state index is 10.9. The highest BCUT2D eigenvalue weighted by Gasteiger charge is 2.40. The number of aliphatic imine (C=N–C) groups is 1. The maximum Gasteiger partial charge on any atom is 0.162 e. The molecule has 5 nitrogen and oxygen atoms in total. The molecule has 0 bridgehead atoms. The van der Waals surface area contributed by atoms with Crippen molar-refractivity contribution in [3.63, 3.8) is 0 Å². The number of halogens is 1. The van der Waals surface area contributed by atoms with Gasteiger partial charge in [0.15, 0.2) is 11.5 Å². The summed E-state index contributed by atoms with van der Waals surface area (Å²) < 4.78 is 6.68. The van der Waals surface area contributed by atoms with Gasteiger partial charge in [0.2, 0.25) is 0 Å². The van der Waals surface area contributed by atoms with Gasteiger partial charge in [-0.15, -0.1) is 0 Å². The van der Waals surface area contributed by atoms with Crippen LogP contribution in [0.25, 0.3) is 0 Å². The van der Waals surface area contributed by atoms with E-state index >= 15 is 0 Å². The molecule has 0 aliphatic carbocycles. The van der Waals surface area contributed by atoms with Crippen LogP contribution in [0.5, 0.6) is 11.5 Å². The Hall–Kier alpha value is -1.89. The Morgan fingerprint density at radius 2 is 1.93 bits per heavy atom. The van der Waals surface area contributed by atoms with Crippen LogP contribution in [0.3, 0.4) is 0 Å². The molecule has 2 aliphatic rings. The summed E-state index contributed by atoms with van der Waals surface area (Å²) in [5, 5.41) is 14.7. The van der Waals surface area contributed by atoms with Crippen molar-refractivity contribution >= 4 is 21.6 Å². The van der Waals surface area contributed by atoms with Crippen LogP contribution in [0.2, 0.25) is 0 Å². The Balaban J connectivity index is 1.72. The summed E-state index contributed by atoms with van der Waals surface area (Å²) in [6.07, 6.45) is 2.63. The number of phenols is 1. The lowest BCUT2D eigenvalue weighted by Gasteiger charge is -2.44. The van der Waals surface area contributed by atoms with Crippen LogP contribution < -0.4 is 10.1 Å². The summed E-state index contributed by atoms with van der Waals surface area (Å²) in [4.78, 5) is 7.57. The van der Waals surface area contributed by atoms with E-state index in [9.17, 15) is 5.11 Å². The molecule has 1 unspecified atom stereocenters. The van der Waals surface area contributed by atoms with E-state index in [1.807, 2.05) is 25.1 Å². The van der Waals surface area contributed by atoms with Crippen molar-refractivity contribution in [2.45, 2.75) is 37.9 Å². The van der Waals surface area contributed by atoms with Crippen molar-refractivity contribution in [3.8, 4) is 11.5 Å². The fourth-order valence-corrected chi connectivity index (χ4v) is 4.52. The molecule has 1 spiro atoms. The van der Waals surface area contributed by atoms with Crippen LogP contribution in [0.4, 0.5) is 0 Å². The van der Waals surface area contributed by atoms with Crippen LogP contribution in [0, 0.1) is 0 Å². The molecule has 2 heterocycles. The summed E-state index contributed by atoms with van der Waals surface area (Å²) in [7, 11) is 2.16. The summed E-state index contributed by atoms with van der Waals surface area (Å²) in [6, 6.07) is 14.1. The third-order valence-corrected chi connectivity index (χ3v) is 6.42. The molecule has 0 saturated carbocycles. The van der Waals surface area contributed by atoms with Crippen molar-refractivity contribution in [1.82, 2.24) is 10.2 Å². The first-order valence-corrected chi connectivity index (χ1v) is 11.0. The van der Waals surface area contributed by atoms with E-state index in [4.69, 9.17) is 9.73 Å². The van der Waals surface area contributed by atoms with E-state index < -0.39 is 0 Å². The minimum atomic E-state index is -0.300. The highest BCUT2D eigenvalue weighted by Crippen LogP contribution is 2.40. The van der Waals surface area contributed by atoms with Gasteiger partial charge >= 0.3 is 0 Å². The number of hydrogen-bond donors (Lipinski definition) is 2. The Morgan fingerprint density at radius 1 is 1.21 bits per heavy atom. The molecular weight excluding hydrogens is 430 g/mol. The van der Waals surface area contributed by atoms with Gasteiger partial charge in [0.05, 0.1) is 6.61 Å². The molecule has 1 saturated heterocycles. The van der Waals surface area contributed by atoms with Gasteiger partial charge < -0.3 is 14.7 Å². The summed E-state index contributed by atoms with van der Waals surface area (Å²) in [5.74, 6) is 0.768. The molecule has 4 rings (SSSR count). The zero-order chi connectivity index (χ0) is 20.4. The van der Waals surface area contributed by atoms with Crippen molar-refractivity contribution < 1.29 is 9.84 Å². The van der Waals surface area contributed by atoms with Gasteiger partial charge in [0.25, 0.3) is 0 Å². The number of benzene rings is 2. The maximum atomic E-state index is 10.9. The fourth-order valence-electron chi connectivity index (χ4n) is 4.25. The summed E-state index contributed by atoms with van der Waals surface area (Å²) in [6.45, 7) is 4.46. The molecule has 0 radical (unpaired) electrons. The molecule has 2 aromatic rings. The smallest absolute Gasteiger partial charge is 0.162 e. The lowest BCUT2D eigenvalue weighted by atomic mass is 9.87. The minimum absolute atomic E-state index is 0.0186. The first kappa shape index (κ1) is 20.4. The molecule has 0 aromatic heterocycles. The average Bonchev–Trinajstić information content (AvgIpc) is 2.72. The molecule has 29 heavy (non-hydrogen) atoms. The van der Waals surface area contributed by atoms with Crippen LogP contribution in [0.1, 0.15) is 43.4 Å². The van der Waals surface area contributed by atoms with E-state index in [0.29, 0.717) is 12.4 Å². The van der Waals surface area contributed by atoms with Crippen LogP contribution >= 0.6 is 15.9 Å². The Kier molecular flexibility index (Phi) is 5.95. The largest absolute Gasteiger partial charge is 0.504 e. The lowest BCUT2D eigenvalue weighted by molar-refractivity contribution is 0.144. The summed E-state index contributed by atoms with van der Waals surface area (Å²) >= 11 is 3.52. The number of rotatable bonds is 4. The number of ether oxygens (including phenoxy) is 1. The van der Waals surface area contributed by atoms with Gasteiger partial charge in [0.1, 0.15) is 5.66 Å². The predicted octanol–water partition coefficient (Wildman–Crippen LogP) is 4.50. The Morgan fingerprint density at radius 3 is 2.62 bits per heavy atom. The quantitative estimate of drug-likeness (QED) is 0.709. The molecule has 2 N–H and O–H groups in total. The van der Waals surface area contributed by atoms with Crippen LogP contribution in [-0.4, -0.2) is 48.1 Å². The van der Waals surface area contributed by atoms with Crippen molar-refractivity contribution in [3.05, 3.63) is 58.1 Å². The number of likely N-dealkylation sites (tertiary alicyclic amines) is 1. The predicted molar refractivity (Wildman–Crippen MR) is 120 cm³/mol. The van der Waals surface area contributed by atoms with E-state index in [-0.39, 0.29) is 17.5 Å². The van der Waals surface area contributed by atoms with Gasteiger partial charge in [-0.1, -0.05) is 40.2 Å². The van der Waals surface area contributed by atoms with Crippen molar-refractivity contribution in [2.75, 3.05) is 26.7 Å². The molecular formula is C23H28BrN3O2. The number of para-hydroxylation sites is 1. The number of aromatic hydroxyl groups is 1. The normalized spacial score (nSPS) is 21.8. The summed E-state index contributed by atoms with van der Waals surface area (Å²) in [5.41, 5.74) is 2.80. The Labute approximate surface area is 180 Å². The number of hydrogen-bond acceptors (Lipinski definition) is 5. The van der Waals surface area contributed by atoms with Crippen LogP contribution in [-0.2, 0) is 0 Å². The lowest BCUT2D eigenvalue weighted by Crippen LogP contribution is -2.55. The molecule has 2 aliphatic heterocycles. The second-order valence-electron chi connectivity index (χ2n) is 7.93. The second-order valence-corrected chi connectivity index (χ2v) is 8.84.